The van der Waals surface area contributed by atoms with Crippen LogP contribution in [-0.2, 0) is 11.3 Å². The normalized spacial score (nSPS) is 16.9. The summed E-state index contributed by atoms with van der Waals surface area (Å²) in [4.78, 5) is 16.6. The van der Waals surface area contributed by atoms with Crippen molar-refractivity contribution >= 4 is 5.91 Å². The van der Waals surface area contributed by atoms with Crippen molar-refractivity contribution in [1.82, 2.24) is 15.1 Å². The zero-order chi connectivity index (χ0) is 15.8. The van der Waals surface area contributed by atoms with Gasteiger partial charge < -0.3 is 10.2 Å². The number of carbonyl (C=O) groups is 1. The van der Waals surface area contributed by atoms with E-state index in [1.807, 2.05) is 0 Å². The highest BCUT2D eigenvalue weighted by Crippen LogP contribution is 2.08. The van der Waals surface area contributed by atoms with Crippen LogP contribution in [0.4, 0.5) is 0 Å². The van der Waals surface area contributed by atoms with Crippen molar-refractivity contribution < 1.29 is 4.79 Å². The molecule has 0 spiro atoms. The summed E-state index contributed by atoms with van der Waals surface area (Å²) in [6.45, 7) is 11.2. The highest BCUT2D eigenvalue weighted by Gasteiger charge is 2.17. The van der Waals surface area contributed by atoms with Gasteiger partial charge in [-0.2, -0.15) is 0 Å². The molecule has 0 atom stereocenters. The molecule has 1 N–H and O–H groups in total. The van der Waals surface area contributed by atoms with E-state index in [-0.39, 0.29) is 5.91 Å². The van der Waals surface area contributed by atoms with E-state index in [9.17, 15) is 4.79 Å². The lowest BCUT2D eigenvalue weighted by molar-refractivity contribution is -0.121. The average Bonchev–Trinajstić information content (AvgIpc) is 2.53. The van der Waals surface area contributed by atoms with Crippen LogP contribution in [0.25, 0.3) is 0 Å². The summed E-state index contributed by atoms with van der Waals surface area (Å²) in [5.74, 6) is 0.700. The summed E-state index contributed by atoms with van der Waals surface area (Å²) in [5, 5.41) is 2.99. The fraction of sp³-hybridized carbons (Fsp3) is 0.611. The van der Waals surface area contributed by atoms with Gasteiger partial charge in [0.1, 0.15) is 0 Å². The standard InChI is InChI=1S/C18H29N3O/c1-16(2)14-19-18(22)8-9-20-10-12-21(13-11-20)15-17-6-4-3-5-7-17/h3-7,16H,8-15H2,1-2H3,(H,19,22). The van der Waals surface area contributed by atoms with Gasteiger partial charge in [0.2, 0.25) is 5.91 Å². The predicted molar refractivity (Wildman–Crippen MR) is 90.6 cm³/mol. The van der Waals surface area contributed by atoms with Crippen molar-refractivity contribution in [1.29, 1.82) is 0 Å². The summed E-state index contributed by atoms with van der Waals surface area (Å²) < 4.78 is 0. The Morgan fingerprint density at radius 1 is 1.09 bits per heavy atom. The average molecular weight is 303 g/mol. The molecule has 2 rings (SSSR count). The smallest absolute Gasteiger partial charge is 0.221 e. The second-order valence-electron chi connectivity index (χ2n) is 6.55. The first-order valence-electron chi connectivity index (χ1n) is 8.39. The lowest BCUT2D eigenvalue weighted by Crippen LogP contribution is -2.46. The van der Waals surface area contributed by atoms with Crippen LogP contribution in [0.15, 0.2) is 30.3 Å². The first kappa shape index (κ1) is 17.0. The first-order valence-corrected chi connectivity index (χ1v) is 8.39. The molecule has 0 unspecified atom stereocenters. The van der Waals surface area contributed by atoms with Gasteiger partial charge in [-0.3, -0.25) is 9.69 Å². The molecule has 4 heteroatoms. The Morgan fingerprint density at radius 2 is 1.73 bits per heavy atom. The van der Waals surface area contributed by atoms with E-state index >= 15 is 0 Å². The molecule has 1 aliphatic rings. The predicted octanol–water partition coefficient (Wildman–Crippen LogP) is 1.97. The Hall–Kier alpha value is -1.39. The van der Waals surface area contributed by atoms with Gasteiger partial charge in [0.15, 0.2) is 0 Å². The van der Waals surface area contributed by atoms with E-state index in [1.165, 1.54) is 5.56 Å². The molecule has 1 saturated heterocycles. The van der Waals surface area contributed by atoms with Crippen LogP contribution in [-0.4, -0.2) is 55.0 Å². The number of carbonyl (C=O) groups excluding carboxylic acids is 1. The zero-order valence-electron chi connectivity index (χ0n) is 13.9. The molecule has 0 aromatic heterocycles. The van der Waals surface area contributed by atoms with Gasteiger partial charge in [0.25, 0.3) is 0 Å². The van der Waals surface area contributed by atoms with Crippen molar-refractivity contribution in [2.45, 2.75) is 26.8 Å². The minimum Gasteiger partial charge on any atom is -0.356 e. The molecule has 4 nitrogen and oxygen atoms in total. The largest absolute Gasteiger partial charge is 0.356 e. The number of amides is 1. The molecule has 22 heavy (non-hydrogen) atoms. The summed E-state index contributed by atoms with van der Waals surface area (Å²) in [6, 6.07) is 10.6. The van der Waals surface area contributed by atoms with E-state index in [4.69, 9.17) is 0 Å². The number of benzene rings is 1. The van der Waals surface area contributed by atoms with Crippen LogP contribution in [0.5, 0.6) is 0 Å². The highest BCUT2D eigenvalue weighted by molar-refractivity contribution is 5.76. The summed E-state index contributed by atoms with van der Waals surface area (Å²) in [5.41, 5.74) is 1.38. The molecule has 1 aliphatic heterocycles. The molecule has 1 heterocycles. The quantitative estimate of drug-likeness (QED) is 0.836. The number of hydrogen-bond donors (Lipinski definition) is 1. The van der Waals surface area contributed by atoms with Crippen molar-refractivity contribution in [2.75, 3.05) is 39.3 Å². The number of nitrogens with zero attached hydrogens (tertiary/aromatic N) is 2. The first-order chi connectivity index (χ1) is 10.6. The molecule has 1 aromatic rings. The molecule has 0 bridgehead atoms. The fourth-order valence-electron chi connectivity index (χ4n) is 2.68. The van der Waals surface area contributed by atoms with E-state index in [0.29, 0.717) is 12.3 Å². The van der Waals surface area contributed by atoms with Crippen LogP contribution in [0, 0.1) is 5.92 Å². The number of nitrogens with one attached hydrogen (secondary N) is 1. The van der Waals surface area contributed by atoms with Gasteiger partial charge in [0, 0.05) is 52.2 Å². The molecular formula is C18H29N3O. The van der Waals surface area contributed by atoms with Crippen LogP contribution >= 0.6 is 0 Å². The van der Waals surface area contributed by atoms with Crippen LogP contribution in [0.3, 0.4) is 0 Å². The lowest BCUT2D eigenvalue weighted by Gasteiger charge is -2.34. The SMILES string of the molecule is CC(C)CNC(=O)CCN1CCN(Cc2ccccc2)CC1. The van der Waals surface area contributed by atoms with Crippen molar-refractivity contribution in [3.05, 3.63) is 35.9 Å². The summed E-state index contributed by atoms with van der Waals surface area (Å²) >= 11 is 0. The zero-order valence-corrected chi connectivity index (χ0v) is 13.9. The Labute approximate surface area is 134 Å². The van der Waals surface area contributed by atoms with E-state index in [0.717, 1.165) is 45.8 Å². The third kappa shape index (κ3) is 6.16. The van der Waals surface area contributed by atoms with Crippen molar-refractivity contribution in [2.24, 2.45) is 5.92 Å². The molecule has 0 aliphatic carbocycles. The van der Waals surface area contributed by atoms with Gasteiger partial charge in [-0.1, -0.05) is 44.2 Å². The van der Waals surface area contributed by atoms with Gasteiger partial charge in [-0.25, -0.2) is 0 Å². The molecule has 122 valence electrons. The third-order valence-corrected chi connectivity index (χ3v) is 4.08. The fourth-order valence-corrected chi connectivity index (χ4v) is 2.68. The number of hydrogen-bond acceptors (Lipinski definition) is 3. The number of piperazine rings is 1. The summed E-state index contributed by atoms with van der Waals surface area (Å²) in [7, 11) is 0. The molecule has 0 radical (unpaired) electrons. The molecule has 1 amide bonds. The van der Waals surface area contributed by atoms with Gasteiger partial charge in [0.05, 0.1) is 0 Å². The summed E-state index contributed by atoms with van der Waals surface area (Å²) in [6.07, 6.45) is 0.616. The van der Waals surface area contributed by atoms with Crippen molar-refractivity contribution in [3.8, 4) is 0 Å². The van der Waals surface area contributed by atoms with Gasteiger partial charge >= 0.3 is 0 Å². The maximum absolute atomic E-state index is 11.7. The second-order valence-corrected chi connectivity index (χ2v) is 6.55. The van der Waals surface area contributed by atoms with Crippen molar-refractivity contribution in [3.63, 3.8) is 0 Å². The molecule has 1 aromatic carbocycles. The van der Waals surface area contributed by atoms with Crippen LogP contribution in [0.2, 0.25) is 0 Å². The Morgan fingerprint density at radius 3 is 2.36 bits per heavy atom. The minimum absolute atomic E-state index is 0.181. The topological polar surface area (TPSA) is 35.6 Å². The van der Waals surface area contributed by atoms with E-state index < -0.39 is 0 Å². The monoisotopic (exact) mass is 303 g/mol. The maximum Gasteiger partial charge on any atom is 0.221 e. The third-order valence-electron chi connectivity index (χ3n) is 4.08. The molecular weight excluding hydrogens is 274 g/mol. The minimum atomic E-state index is 0.181. The van der Waals surface area contributed by atoms with E-state index in [1.54, 1.807) is 0 Å². The molecule has 0 saturated carbocycles. The van der Waals surface area contributed by atoms with Crippen LogP contribution < -0.4 is 5.32 Å². The Balaban J connectivity index is 1.62. The van der Waals surface area contributed by atoms with Gasteiger partial charge in [-0.15, -0.1) is 0 Å². The number of rotatable bonds is 7. The van der Waals surface area contributed by atoms with E-state index in [2.05, 4.69) is 59.3 Å². The maximum atomic E-state index is 11.7. The highest BCUT2D eigenvalue weighted by atomic mass is 16.1. The molecule has 1 fully saturated rings. The Bertz CT molecular complexity index is 439. The lowest BCUT2D eigenvalue weighted by atomic mass is 10.2. The van der Waals surface area contributed by atoms with Gasteiger partial charge in [-0.05, 0) is 11.5 Å². The Kier molecular flexibility index (Phi) is 6.87. The van der Waals surface area contributed by atoms with Crippen LogP contribution in [0.1, 0.15) is 25.8 Å². The second kappa shape index (κ2) is 8.91.